The summed E-state index contributed by atoms with van der Waals surface area (Å²) >= 11 is 0. The van der Waals surface area contributed by atoms with Crippen LogP contribution in [0.4, 0.5) is 0 Å². The number of aliphatic hydroxyl groups is 1. The van der Waals surface area contributed by atoms with Crippen molar-refractivity contribution in [1.29, 1.82) is 0 Å². The van der Waals surface area contributed by atoms with E-state index in [0.29, 0.717) is 6.61 Å². The van der Waals surface area contributed by atoms with Gasteiger partial charge in [0, 0.05) is 12.1 Å². The van der Waals surface area contributed by atoms with Gasteiger partial charge >= 0.3 is 0 Å². The average molecular weight is 285 g/mol. The third-order valence-electron chi connectivity index (χ3n) is 3.32. The molecule has 0 aliphatic heterocycles. The molecule has 0 bridgehead atoms. The van der Waals surface area contributed by atoms with Gasteiger partial charge in [-0.25, -0.2) is 0 Å². The first-order valence-corrected chi connectivity index (χ1v) is 7.25. The molecule has 3 heteroatoms. The van der Waals surface area contributed by atoms with Crippen LogP contribution in [0.1, 0.15) is 18.1 Å². The Hall–Kier alpha value is -1.84. The fraction of sp³-hybridized carbons (Fsp3) is 0.333. The highest BCUT2D eigenvalue weighted by Crippen LogP contribution is 2.33. The maximum Gasteiger partial charge on any atom is 0.127 e. The minimum atomic E-state index is 0.0249. The molecule has 0 heterocycles. The third kappa shape index (κ3) is 3.84. The van der Waals surface area contributed by atoms with E-state index < -0.39 is 0 Å². The molecule has 0 aliphatic carbocycles. The van der Waals surface area contributed by atoms with Crippen LogP contribution in [0, 0.1) is 0 Å². The summed E-state index contributed by atoms with van der Waals surface area (Å²) in [6, 6.07) is 14.2. The maximum absolute atomic E-state index is 9.70. The predicted octanol–water partition coefficient (Wildman–Crippen LogP) is 3.31. The largest absolute Gasteiger partial charge is 0.493 e. The molecule has 0 unspecified atom stereocenters. The zero-order chi connectivity index (χ0) is 15.2. The molecule has 0 spiro atoms. The highest BCUT2D eigenvalue weighted by atomic mass is 16.5. The summed E-state index contributed by atoms with van der Waals surface area (Å²) in [6.45, 7) is 3.49. The second-order valence-electron chi connectivity index (χ2n) is 5.32. The summed E-state index contributed by atoms with van der Waals surface area (Å²) in [6.07, 6.45) is 0. The molecular weight excluding hydrogens is 262 g/mol. The van der Waals surface area contributed by atoms with Crippen molar-refractivity contribution in [3.05, 3.63) is 53.6 Å². The van der Waals surface area contributed by atoms with Gasteiger partial charge in [-0.2, -0.15) is 0 Å². The fourth-order valence-electron chi connectivity index (χ4n) is 2.47. The molecule has 0 aliphatic rings. The first-order valence-electron chi connectivity index (χ1n) is 7.25. The summed E-state index contributed by atoms with van der Waals surface area (Å²) in [5, 5.41) is 9.70. The lowest BCUT2D eigenvalue weighted by molar-refractivity contribution is 0.282. The average Bonchev–Trinajstić information content (AvgIpc) is 2.47. The Morgan fingerprint density at radius 2 is 1.81 bits per heavy atom. The molecule has 0 saturated heterocycles. The molecule has 3 nitrogen and oxygen atoms in total. The Balaban J connectivity index is 2.44. The minimum Gasteiger partial charge on any atom is -0.493 e. The van der Waals surface area contributed by atoms with Crippen molar-refractivity contribution >= 4 is 0 Å². The van der Waals surface area contributed by atoms with E-state index in [-0.39, 0.29) is 6.61 Å². The van der Waals surface area contributed by atoms with Crippen molar-refractivity contribution in [2.24, 2.45) is 0 Å². The number of hydrogen-bond acceptors (Lipinski definition) is 3. The van der Waals surface area contributed by atoms with E-state index in [1.54, 1.807) is 0 Å². The van der Waals surface area contributed by atoms with Crippen molar-refractivity contribution in [2.45, 2.75) is 20.1 Å². The lowest BCUT2D eigenvalue weighted by atomic mass is 9.97. The maximum atomic E-state index is 9.70. The van der Waals surface area contributed by atoms with Gasteiger partial charge in [0.15, 0.2) is 0 Å². The molecular formula is C18H23NO2. The van der Waals surface area contributed by atoms with Gasteiger partial charge in [0.05, 0.1) is 13.2 Å². The highest BCUT2D eigenvalue weighted by molar-refractivity contribution is 5.73. The van der Waals surface area contributed by atoms with Gasteiger partial charge in [0.1, 0.15) is 5.75 Å². The van der Waals surface area contributed by atoms with Gasteiger partial charge in [-0.3, -0.25) is 0 Å². The van der Waals surface area contributed by atoms with Crippen molar-refractivity contribution in [2.75, 3.05) is 20.7 Å². The third-order valence-corrected chi connectivity index (χ3v) is 3.32. The molecule has 0 aromatic heterocycles. The number of hydrogen-bond donors (Lipinski definition) is 1. The van der Waals surface area contributed by atoms with Crippen LogP contribution in [0.2, 0.25) is 0 Å². The number of aliphatic hydroxyl groups excluding tert-OH is 1. The Labute approximate surface area is 126 Å². The van der Waals surface area contributed by atoms with Crippen LogP contribution in [-0.4, -0.2) is 30.7 Å². The van der Waals surface area contributed by atoms with Gasteiger partial charge in [-0.1, -0.05) is 36.4 Å². The van der Waals surface area contributed by atoms with E-state index in [4.69, 9.17) is 4.74 Å². The van der Waals surface area contributed by atoms with Crippen LogP contribution in [0.3, 0.4) is 0 Å². The van der Waals surface area contributed by atoms with Crippen LogP contribution in [0.5, 0.6) is 5.75 Å². The molecule has 21 heavy (non-hydrogen) atoms. The summed E-state index contributed by atoms with van der Waals surface area (Å²) in [4.78, 5) is 2.12. The number of para-hydroxylation sites is 1. The summed E-state index contributed by atoms with van der Waals surface area (Å²) in [5.74, 6) is 0.857. The molecule has 112 valence electrons. The Morgan fingerprint density at radius 1 is 1.05 bits per heavy atom. The first kappa shape index (κ1) is 15.5. The lowest BCUT2D eigenvalue weighted by Gasteiger charge is -2.16. The van der Waals surface area contributed by atoms with Gasteiger partial charge in [-0.05, 0) is 43.8 Å². The number of nitrogens with zero attached hydrogens (tertiary/aromatic N) is 1. The minimum absolute atomic E-state index is 0.0249. The Kier molecular flexibility index (Phi) is 5.37. The van der Waals surface area contributed by atoms with Crippen LogP contribution in [0.15, 0.2) is 42.5 Å². The van der Waals surface area contributed by atoms with Gasteiger partial charge in [-0.15, -0.1) is 0 Å². The lowest BCUT2D eigenvalue weighted by Crippen LogP contribution is -2.11. The molecule has 2 aromatic carbocycles. The van der Waals surface area contributed by atoms with E-state index in [1.807, 2.05) is 45.3 Å². The number of rotatable bonds is 6. The van der Waals surface area contributed by atoms with Crippen LogP contribution in [-0.2, 0) is 13.2 Å². The van der Waals surface area contributed by atoms with Crippen LogP contribution >= 0.6 is 0 Å². The second kappa shape index (κ2) is 7.25. The molecule has 0 atom stereocenters. The van der Waals surface area contributed by atoms with Gasteiger partial charge < -0.3 is 14.7 Å². The van der Waals surface area contributed by atoms with E-state index in [1.165, 1.54) is 5.56 Å². The highest BCUT2D eigenvalue weighted by Gasteiger charge is 2.11. The van der Waals surface area contributed by atoms with E-state index in [0.717, 1.165) is 29.0 Å². The molecule has 0 saturated carbocycles. The van der Waals surface area contributed by atoms with E-state index in [2.05, 4.69) is 23.1 Å². The molecule has 1 N–H and O–H groups in total. The van der Waals surface area contributed by atoms with Gasteiger partial charge in [0.2, 0.25) is 0 Å². The summed E-state index contributed by atoms with van der Waals surface area (Å²) in [5.41, 5.74) is 4.19. The first-order chi connectivity index (χ1) is 10.2. The van der Waals surface area contributed by atoms with Crippen molar-refractivity contribution in [1.82, 2.24) is 4.90 Å². The van der Waals surface area contributed by atoms with Crippen LogP contribution < -0.4 is 4.74 Å². The smallest absolute Gasteiger partial charge is 0.127 e. The normalized spacial score (nSPS) is 10.9. The van der Waals surface area contributed by atoms with Crippen molar-refractivity contribution in [3.63, 3.8) is 0 Å². The number of ether oxygens (including phenoxy) is 1. The number of benzene rings is 2. The Bertz CT molecular complexity index is 594. The molecule has 0 radical (unpaired) electrons. The SMILES string of the molecule is CCOc1ccccc1-c1ccc(CN(C)C)cc1CO. The standard InChI is InChI=1S/C18H23NO2/c1-4-21-18-8-6-5-7-17(18)16-10-9-14(12-19(2)3)11-15(16)13-20/h5-11,20H,4,12-13H2,1-3H3. The van der Waals surface area contributed by atoms with Gasteiger partial charge in [0.25, 0.3) is 0 Å². The molecule has 2 aromatic rings. The van der Waals surface area contributed by atoms with E-state index in [9.17, 15) is 5.11 Å². The molecule has 0 fully saturated rings. The fourth-order valence-corrected chi connectivity index (χ4v) is 2.47. The Morgan fingerprint density at radius 3 is 2.48 bits per heavy atom. The van der Waals surface area contributed by atoms with E-state index >= 15 is 0 Å². The molecule has 0 amide bonds. The quantitative estimate of drug-likeness (QED) is 0.884. The molecule has 2 rings (SSSR count). The zero-order valence-electron chi connectivity index (χ0n) is 13.0. The van der Waals surface area contributed by atoms with Crippen molar-refractivity contribution < 1.29 is 9.84 Å². The summed E-state index contributed by atoms with van der Waals surface area (Å²) in [7, 11) is 4.08. The zero-order valence-corrected chi connectivity index (χ0v) is 13.0. The topological polar surface area (TPSA) is 32.7 Å². The predicted molar refractivity (Wildman–Crippen MR) is 86.4 cm³/mol. The second-order valence-corrected chi connectivity index (χ2v) is 5.32. The summed E-state index contributed by atoms with van der Waals surface area (Å²) < 4.78 is 5.70. The van der Waals surface area contributed by atoms with Crippen LogP contribution in [0.25, 0.3) is 11.1 Å². The van der Waals surface area contributed by atoms with Crippen molar-refractivity contribution in [3.8, 4) is 16.9 Å². The monoisotopic (exact) mass is 285 g/mol.